The minimum atomic E-state index is -0.312. The fourth-order valence-corrected chi connectivity index (χ4v) is 4.15. The van der Waals surface area contributed by atoms with Crippen LogP contribution in [0.15, 0.2) is 36.7 Å². The van der Waals surface area contributed by atoms with Crippen LogP contribution in [-0.2, 0) is 0 Å². The van der Waals surface area contributed by atoms with E-state index in [0.29, 0.717) is 29.7 Å². The van der Waals surface area contributed by atoms with Gasteiger partial charge in [0.05, 0.1) is 5.52 Å². The van der Waals surface area contributed by atoms with Crippen molar-refractivity contribution in [3.8, 4) is 0 Å². The standard InChI is InChI=1S/C20H23N5O2S/c26-10-2-8-21-17-7-9-22-16-6-5-14(11-15(16)17)24-19(27)25-20-23-12-18(28-20)13-3-1-4-13/h5-7,9,11-13,26H,1-4,8,10H2,(H,21,22)(H2,23,24,25,27). The van der Waals surface area contributed by atoms with E-state index in [1.165, 1.54) is 24.1 Å². The van der Waals surface area contributed by atoms with E-state index in [9.17, 15) is 4.79 Å². The third-order valence-corrected chi connectivity index (χ3v) is 5.98. The van der Waals surface area contributed by atoms with Crippen LogP contribution >= 0.6 is 11.3 Å². The van der Waals surface area contributed by atoms with Crippen LogP contribution in [0.4, 0.5) is 21.3 Å². The van der Waals surface area contributed by atoms with Crippen LogP contribution in [0.3, 0.4) is 0 Å². The van der Waals surface area contributed by atoms with Crippen LogP contribution in [0.25, 0.3) is 10.9 Å². The Hall–Kier alpha value is -2.71. The van der Waals surface area contributed by atoms with E-state index < -0.39 is 0 Å². The number of pyridine rings is 1. The molecule has 0 bridgehead atoms. The highest BCUT2D eigenvalue weighted by Crippen LogP contribution is 2.39. The second-order valence-corrected chi connectivity index (χ2v) is 7.93. The third-order valence-electron chi connectivity index (χ3n) is 4.90. The average Bonchev–Trinajstić information content (AvgIpc) is 3.08. The number of anilines is 3. The lowest BCUT2D eigenvalue weighted by atomic mass is 9.85. The van der Waals surface area contributed by atoms with Crippen molar-refractivity contribution in [1.29, 1.82) is 0 Å². The summed E-state index contributed by atoms with van der Waals surface area (Å²) in [5.74, 6) is 0.612. The first-order chi connectivity index (χ1) is 13.7. The molecule has 0 atom stereocenters. The summed E-state index contributed by atoms with van der Waals surface area (Å²) < 4.78 is 0. The van der Waals surface area contributed by atoms with Gasteiger partial charge in [0, 0.05) is 47.2 Å². The fraction of sp³-hybridized carbons (Fsp3) is 0.350. The Morgan fingerprint density at radius 2 is 2.11 bits per heavy atom. The van der Waals surface area contributed by atoms with Gasteiger partial charge in [-0.2, -0.15) is 0 Å². The molecular weight excluding hydrogens is 374 g/mol. The van der Waals surface area contributed by atoms with Crippen molar-refractivity contribution < 1.29 is 9.90 Å². The van der Waals surface area contributed by atoms with Crippen molar-refractivity contribution in [3.05, 3.63) is 41.5 Å². The number of aliphatic hydroxyl groups excluding tert-OH is 1. The number of rotatable bonds is 7. The zero-order valence-electron chi connectivity index (χ0n) is 15.4. The number of fused-ring (bicyclic) bond motifs is 1. The normalized spacial score (nSPS) is 13.9. The molecule has 0 aliphatic heterocycles. The molecule has 7 nitrogen and oxygen atoms in total. The molecule has 1 saturated carbocycles. The molecule has 0 spiro atoms. The van der Waals surface area contributed by atoms with Crippen molar-refractivity contribution in [2.45, 2.75) is 31.6 Å². The predicted molar refractivity (Wildman–Crippen MR) is 113 cm³/mol. The van der Waals surface area contributed by atoms with E-state index in [0.717, 1.165) is 16.6 Å². The van der Waals surface area contributed by atoms with E-state index in [-0.39, 0.29) is 12.6 Å². The highest BCUT2D eigenvalue weighted by molar-refractivity contribution is 7.15. The minimum Gasteiger partial charge on any atom is -0.396 e. The van der Waals surface area contributed by atoms with Crippen molar-refractivity contribution >= 4 is 44.8 Å². The maximum atomic E-state index is 12.4. The molecule has 4 rings (SSSR count). The van der Waals surface area contributed by atoms with Crippen LogP contribution in [0, 0.1) is 0 Å². The highest BCUT2D eigenvalue weighted by Gasteiger charge is 2.22. The molecule has 0 saturated heterocycles. The van der Waals surface area contributed by atoms with Gasteiger partial charge in [-0.15, -0.1) is 11.3 Å². The molecule has 1 aliphatic rings. The van der Waals surface area contributed by atoms with Crippen LogP contribution in [0.5, 0.6) is 0 Å². The summed E-state index contributed by atoms with van der Waals surface area (Å²) in [5.41, 5.74) is 2.44. The molecule has 146 valence electrons. The summed E-state index contributed by atoms with van der Waals surface area (Å²) in [7, 11) is 0. The van der Waals surface area contributed by atoms with Crippen LogP contribution < -0.4 is 16.0 Å². The topological polar surface area (TPSA) is 99.2 Å². The molecule has 8 heteroatoms. The van der Waals surface area contributed by atoms with Crippen molar-refractivity contribution in [3.63, 3.8) is 0 Å². The van der Waals surface area contributed by atoms with Gasteiger partial charge in [0.2, 0.25) is 0 Å². The van der Waals surface area contributed by atoms with Gasteiger partial charge in [0.1, 0.15) is 0 Å². The number of thiazole rings is 1. The smallest absolute Gasteiger partial charge is 0.325 e. The zero-order chi connectivity index (χ0) is 19.3. The number of carbonyl (C=O) groups excluding carboxylic acids is 1. The van der Waals surface area contributed by atoms with E-state index in [1.807, 2.05) is 30.5 Å². The van der Waals surface area contributed by atoms with E-state index in [4.69, 9.17) is 5.11 Å². The number of hydrogen-bond acceptors (Lipinski definition) is 6. The number of carbonyl (C=O) groups is 1. The maximum Gasteiger partial charge on any atom is 0.325 e. The monoisotopic (exact) mass is 397 g/mol. The maximum absolute atomic E-state index is 12.4. The van der Waals surface area contributed by atoms with Gasteiger partial charge in [0.15, 0.2) is 5.13 Å². The third kappa shape index (κ3) is 4.23. The molecule has 2 heterocycles. The Balaban J connectivity index is 1.43. The lowest BCUT2D eigenvalue weighted by Crippen LogP contribution is -2.19. The molecule has 0 radical (unpaired) electrons. The van der Waals surface area contributed by atoms with Crippen molar-refractivity contribution in [2.24, 2.45) is 0 Å². The van der Waals surface area contributed by atoms with Gasteiger partial charge < -0.3 is 15.7 Å². The Bertz CT molecular complexity index is 970. The first-order valence-electron chi connectivity index (χ1n) is 9.50. The molecule has 0 unspecified atom stereocenters. The fourth-order valence-electron chi connectivity index (χ4n) is 3.17. The Labute approximate surface area is 167 Å². The second-order valence-electron chi connectivity index (χ2n) is 6.87. The number of amides is 2. The summed E-state index contributed by atoms with van der Waals surface area (Å²) in [4.78, 5) is 22.3. The molecule has 2 amide bonds. The molecular formula is C20H23N5O2S. The predicted octanol–water partition coefficient (Wildman–Crippen LogP) is 4.40. The van der Waals surface area contributed by atoms with Crippen LogP contribution in [-0.4, -0.2) is 34.3 Å². The number of aliphatic hydroxyl groups is 1. The minimum absolute atomic E-state index is 0.141. The first-order valence-corrected chi connectivity index (χ1v) is 10.3. The summed E-state index contributed by atoms with van der Waals surface area (Å²) in [6.45, 7) is 0.809. The number of hydrogen-bond donors (Lipinski definition) is 4. The average molecular weight is 398 g/mol. The first kappa shape index (κ1) is 18.6. The number of urea groups is 1. The van der Waals surface area contributed by atoms with Gasteiger partial charge in [0.25, 0.3) is 0 Å². The van der Waals surface area contributed by atoms with Crippen molar-refractivity contribution in [2.75, 3.05) is 29.1 Å². The van der Waals surface area contributed by atoms with Crippen LogP contribution in [0.2, 0.25) is 0 Å². The number of nitrogens with zero attached hydrogens (tertiary/aromatic N) is 2. The molecule has 1 aliphatic carbocycles. The van der Waals surface area contributed by atoms with Crippen molar-refractivity contribution in [1.82, 2.24) is 9.97 Å². The SMILES string of the molecule is O=C(Nc1ccc2nccc(NCCCO)c2c1)Nc1ncc(C2CCC2)s1. The Morgan fingerprint density at radius 1 is 1.21 bits per heavy atom. The Kier molecular flexibility index (Phi) is 5.68. The lowest BCUT2D eigenvalue weighted by molar-refractivity contribution is 0.262. The Morgan fingerprint density at radius 3 is 2.89 bits per heavy atom. The quantitative estimate of drug-likeness (QED) is 0.443. The van der Waals surface area contributed by atoms with Gasteiger partial charge >= 0.3 is 6.03 Å². The van der Waals surface area contributed by atoms with Gasteiger partial charge in [-0.05, 0) is 49.4 Å². The summed E-state index contributed by atoms with van der Waals surface area (Å²) >= 11 is 1.55. The molecule has 2 aromatic heterocycles. The number of aromatic nitrogens is 2. The number of nitrogens with one attached hydrogen (secondary N) is 3. The summed E-state index contributed by atoms with van der Waals surface area (Å²) in [5, 5.41) is 19.5. The molecule has 4 N–H and O–H groups in total. The molecule has 1 fully saturated rings. The number of benzene rings is 1. The molecule has 3 aromatic rings. The lowest BCUT2D eigenvalue weighted by Gasteiger charge is -2.23. The largest absolute Gasteiger partial charge is 0.396 e. The van der Waals surface area contributed by atoms with E-state index >= 15 is 0 Å². The molecule has 28 heavy (non-hydrogen) atoms. The second kappa shape index (κ2) is 8.53. The van der Waals surface area contributed by atoms with Gasteiger partial charge in [-0.3, -0.25) is 10.3 Å². The van der Waals surface area contributed by atoms with E-state index in [1.54, 1.807) is 17.5 Å². The van der Waals surface area contributed by atoms with Gasteiger partial charge in [-0.25, -0.2) is 9.78 Å². The highest BCUT2D eigenvalue weighted by atomic mass is 32.1. The van der Waals surface area contributed by atoms with Crippen LogP contribution in [0.1, 0.15) is 36.5 Å². The summed E-state index contributed by atoms with van der Waals surface area (Å²) in [6.07, 6.45) is 7.99. The molecule has 1 aromatic carbocycles. The zero-order valence-corrected chi connectivity index (χ0v) is 16.3. The van der Waals surface area contributed by atoms with Gasteiger partial charge in [-0.1, -0.05) is 6.42 Å². The summed E-state index contributed by atoms with van der Waals surface area (Å²) in [6, 6.07) is 7.17. The van der Waals surface area contributed by atoms with E-state index in [2.05, 4.69) is 25.9 Å².